The van der Waals surface area contributed by atoms with Gasteiger partial charge in [0.25, 0.3) is 0 Å². The molecule has 1 aromatic rings. The van der Waals surface area contributed by atoms with Crippen LogP contribution >= 0.6 is 0 Å². The molecule has 0 fully saturated rings. The van der Waals surface area contributed by atoms with Crippen LogP contribution in [-0.4, -0.2) is 29.3 Å². The molecule has 20 heavy (non-hydrogen) atoms. The topological polar surface area (TPSA) is 26.7 Å². The van der Waals surface area contributed by atoms with E-state index in [0.717, 1.165) is 6.67 Å². The Morgan fingerprint density at radius 1 is 1.10 bits per heavy atom. The van der Waals surface area contributed by atoms with Gasteiger partial charge < -0.3 is 14.9 Å². The molecule has 0 spiro atoms. The third-order valence-electron chi connectivity index (χ3n) is 4.06. The molecule has 0 amide bonds. The highest BCUT2D eigenvalue weighted by molar-refractivity contribution is 5.62. The molecule has 0 saturated heterocycles. The lowest BCUT2D eigenvalue weighted by atomic mass is 10.0. The third-order valence-corrected chi connectivity index (χ3v) is 4.06. The number of aryl methyl sites for hydroxylation is 3. The molecule has 0 unspecified atom stereocenters. The summed E-state index contributed by atoms with van der Waals surface area (Å²) >= 11 is 0. The predicted molar refractivity (Wildman–Crippen MR) is 84.7 cm³/mol. The van der Waals surface area contributed by atoms with Crippen LogP contribution in [0.15, 0.2) is 24.5 Å². The van der Waals surface area contributed by atoms with Crippen molar-refractivity contribution in [3.63, 3.8) is 0 Å². The van der Waals surface area contributed by atoms with Crippen molar-refractivity contribution in [1.82, 2.24) is 4.90 Å². The maximum atomic E-state index is 9.57. The van der Waals surface area contributed by atoms with Gasteiger partial charge in [-0.1, -0.05) is 31.5 Å². The lowest BCUT2D eigenvalue weighted by Gasteiger charge is -2.31. The zero-order chi connectivity index (χ0) is 14.9. The van der Waals surface area contributed by atoms with Gasteiger partial charge in [-0.2, -0.15) is 0 Å². The van der Waals surface area contributed by atoms with Crippen LogP contribution in [-0.2, 0) is 0 Å². The summed E-state index contributed by atoms with van der Waals surface area (Å²) in [4.78, 5) is 4.50. The molecule has 3 heteroatoms. The third kappa shape index (κ3) is 2.83. The average Bonchev–Trinajstić information content (AvgIpc) is 2.77. The van der Waals surface area contributed by atoms with Gasteiger partial charge in [0.2, 0.25) is 0 Å². The molecule has 3 nitrogen and oxygen atoms in total. The van der Waals surface area contributed by atoms with Crippen LogP contribution < -0.4 is 4.90 Å². The van der Waals surface area contributed by atoms with Crippen molar-refractivity contribution in [2.24, 2.45) is 5.92 Å². The Kier molecular flexibility index (Phi) is 4.39. The second-order valence-corrected chi connectivity index (χ2v) is 6.16. The van der Waals surface area contributed by atoms with Crippen LogP contribution in [0.2, 0.25) is 0 Å². The Labute approximate surface area is 122 Å². The summed E-state index contributed by atoms with van der Waals surface area (Å²) in [5.41, 5.74) is 5.20. The maximum absolute atomic E-state index is 9.57. The Hall–Kier alpha value is -1.48. The summed E-state index contributed by atoms with van der Waals surface area (Å²) in [5.74, 6) is 0.435. The van der Waals surface area contributed by atoms with Crippen molar-refractivity contribution in [1.29, 1.82) is 0 Å². The monoisotopic (exact) mass is 274 g/mol. The molecule has 1 aromatic carbocycles. The summed E-state index contributed by atoms with van der Waals surface area (Å²) in [6, 6.07) is 4.64. The van der Waals surface area contributed by atoms with Crippen molar-refractivity contribution in [3.05, 3.63) is 41.2 Å². The van der Waals surface area contributed by atoms with Gasteiger partial charge in [0.15, 0.2) is 0 Å². The molecular formula is C17H26N2O. The predicted octanol–water partition coefficient (Wildman–Crippen LogP) is 3.18. The van der Waals surface area contributed by atoms with E-state index in [1.54, 1.807) is 0 Å². The molecular weight excluding hydrogens is 248 g/mol. The zero-order valence-electron chi connectivity index (χ0n) is 13.2. The number of anilines is 1. The number of hydrogen-bond acceptors (Lipinski definition) is 3. The average molecular weight is 274 g/mol. The molecule has 0 aromatic heterocycles. The van der Waals surface area contributed by atoms with E-state index in [-0.39, 0.29) is 12.6 Å². The highest BCUT2D eigenvalue weighted by Gasteiger charge is 2.25. The van der Waals surface area contributed by atoms with Gasteiger partial charge in [0, 0.05) is 18.1 Å². The van der Waals surface area contributed by atoms with Gasteiger partial charge >= 0.3 is 0 Å². The van der Waals surface area contributed by atoms with Crippen molar-refractivity contribution in [3.8, 4) is 0 Å². The Morgan fingerprint density at radius 2 is 1.70 bits per heavy atom. The molecule has 1 heterocycles. The van der Waals surface area contributed by atoms with Crippen molar-refractivity contribution in [2.45, 2.75) is 40.7 Å². The first-order valence-corrected chi connectivity index (χ1v) is 7.33. The van der Waals surface area contributed by atoms with E-state index in [0.29, 0.717) is 5.92 Å². The second-order valence-electron chi connectivity index (χ2n) is 6.16. The van der Waals surface area contributed by atoms with Gasteiger partial charge in [-0.3, -0.25) is 0 Å². The van der Waals surface area contributed by atoms with E-state index in [2.05, 4.69) is 69.0 Å². The fourth-order valence-corrected chi connectivity index (χ4v) is 3.12. The minimum absolute atomic E-state index is 0.183. The fourth-order valence-electron chi connectivity index (χ4n) is 3.12. The smallest absolute Gasteiger partial charge is 0.0946 e. The number of aliphatic hydroxyl groups excluding tert-OH is 1. The first kappa shape index (κ1) is 14.9. The Morgan fingerprint density at radius 3 is 2.20 bits per heavy atom. The maximum Gasteiger partial charge on any atom is 0.0946 e. The molecule has 1 N–H and O–H groups in total. The number of nitrogens with zero attached hydrogens (tertiary/aromatic N) is 2. The zero-order valence-corrected chi connectivity index (χ0v) is 13.2. The van der Waals surface area contributed by atoms with Crippen LogP contribution in [0.3, 0.4) is 0 Å². The van der Waals surface area contributed by atoms with Crippen LogP contribution in [0.4, 0.5) is 5.69 Å². The first-order valence-electron chi connectivity index (χ1n) is 7.33. The van der Waals surface area contributed by atoms with E-state index in [4.69, 9.17) is 0 Å². The number of hydrogen-bond donors (Lipinski definition) is 1. The van der Waals surface area contributed by atoms with Gasteiger partial charge in [-0.25, -0.2) is 0 Å². The molecule has 1 aliphatic heterocycles. The van der Waals surface area contributed by atoms with E-state index < -0.39 is 0 Å². The van der Waals surface area contributed by atoms with E-state index >= 15 is 0 Å². The van der Waals surface area contributed by atoms with E-state index in [1.165, 1.54) is 22.4 Å². The van der Waals surface area contributed by atoms with Gasteiger partial charge in [0.05, 0.1) is 19.3 Å². The van der Waals surface area contributed by atoms with Crippen LogP contribution in [0.1, 0.15) is 30.5 Å². The highest BCUT2D eigenvalue weighted by Crippen LogP contribution is 2.29. The molecule has 0 saturated carbocycles. The molecule has 1 atom stereocenters. The van der Waals surface area contributed by atoms with Gasteiger partial charge in [-0.15, -0.1) is 0 Å². The SMILES string of the molecule is Cc1cc(C)c(N2C=CN([C@H](CO)C(C)C)C2)c(C)c1. The van der Waals surface area contributed by atoms with Gasteiger partial charge in [-0.05, 0) is 37.8 Å². The minimum atomic E-state index is 0.183. The second kappa shape index (κ2) is 5.88. The van der Waals surface area contributed by atoms with Crippen molar-refractivity contribution < 1.29 is 5.11 Å². The standard InChI is InChI=1S/C17H26N2O/c1-12(2)16(10-20)18-6-7-19(11-18)17-14(4)8-13(3)9-15(17)5/h6-9,12,16,20H,10-11H2,1-5H3/t16-/m1/s1. The van der Waals surface area contributed by atoms with Crippen LogP contribution in [0.25, 0.3) is 0 Å². The molecule has 2 rings (SSSR count). The van der Waals surface area contributed by atoms with Crippen LogP contribution in [0.5, 0.6) is 0 Å². The van der Waals surface area contributed by atoms with E-state index in [1.807, 2.05) is 0 Å². The molecule has 110 valence electrons. The summed E-state index contributed by atoms with van der Waals surface area (Å²) < 4.78 is 0. The van der Waals surface area contributed by atoms with Crippen LogP contribution in [0, 0.1) is 26.7 Å². The minimum Gasteiger partial charge on any atom is -0.394 e. The molecule has 1 aliphatic rings. The highest BCUT2D eigenvalue weighted by atomic mass is 16.3. The lowest BCUT2D eigenvalue weighted by Crippen LogP contribution is -2.40. The fraction of sp³-hybridized carbons (Fsp3) is 0.529. The first-order chi connectivity index (χ1) is 9.43. The molecule has 0 bridgehead atoms. The molecule has 0 radical (unpaired) electrons. The number of aliphatic hydroxyl groups is 1. The van der Waals surface area contributed by atoms with Crippen molar-refractivity contribution >= 4 is 5.69 Å². The Bertz CT molecular complexity index is 485. The van der Waals surface area contributed by atoms with E-state index in [9.17, 15) is 5.11 Å². The molecule has 0 aliphatic carbocycles. The quantitative estimate of drug-likeness (QED) is 0.913. The number of benzene rings is 1. The summed E-state index contributed by atoms with van der Waals surface area (Å²) in [6.07, 6.45) is 4.22. The normalized spacial score (nSPS) is 16.4. The van der Waals surface area contributed by atoms with Gasteiger partial charge in [0.1, 0.15) is 0 Å². The largest absolute Gasteiger partial charge is 0.394 e. The summed E-state index contributed by atoms with van der Waals surface area (Å²) in [7, 11) is 0. The lowest BCUT2D eigenvalue weighted by molar-refractivity contribution is 0.136. The number of rotatable bonds is 4. The summed E-state index contributed by atoms with van der Waals surface area (Å²) in [5, 5.41) is 9.57. The Balaban J connectivity index is 2.21. The summed E-state index contributed by atoms with van der Waals surface area (Å²) in [6.45, 7) is 11.8. The van der Waals surface area contributed by atoms with Crippen molar-refractivity contribution in [2.75, 3.05) is 18.2 Å².